The molecule has 0 atom stereocenters. The third-order valence-corrected chi connectivity index (χ3v) is 4.13. The summed E-state index contributed by atoms with van der Waals surface area (Å²) in [6.45, 7) is 1.44. The maximum atomic E-state index is 11.3. The Balaban J connectivity index is 1.78. The predicted molar refractivity (Wildman–Crippen MR) is 107 cm³/mol. The van der Waals surface area contributed by atoms with Gasteiger partial charge in [-0.05, 0) is 40.2 Å². The van der Waals surface area contributed by atoms with Gasteiger partial charge >= 0.3 is 0 Å². The van der Waals surface area contributed by atoms with E-state index in [2.05, 4.69) is 36.5 Å². The molecule has 8 heteroatoms. The molecular formula is C19H17BrN4O3. The molecule has 3 aromatic rings. The van der Waals surface area contributed by atoms with Crippen molar-refractivity contribution in [1.29, 1.82) is 0 Å². The summed E-state index contributed by atoms with van der Waals surface area (Å²) in [4.78, 5) is 19.6. The number of anilines is 3. The number of ether oxygens (including phenoxy) is 2. The molecule has 2 N–H and O–H groups in total. The number of benzene rings is 2. The van der Waals surface area contributed by atoms with Gasteiger partial charge < -0.3 is 20.1 Å². The maximum absolute atomic E-state index is 11.3. The zero-order valence-electron chi connectivity index (χ0n) is 14.7. The third kappa shape index (κ3) is 4.95. The van der Waals surface area contributed by atoms with E-state index < -0.39 is 0 Å². The quantitative estimate of drug-likeness (QED) is 0.589. The number of hydrogen-bond donors (Lipinski definition) is 2. The molecule has 0 saturated heterocycles. The van der Waals surface area contributed by atoms with Gasteiger partial charge in [0, 0.05) is 24.7 Å². The van der Waals surface area contributed by atoms with Crippen LogP contribution in [-0.4, -0.2) is 23.0 Å². The van der Waals surface area contributed by atoms with E-state index in [9.17, 15) is 4.79 Å². The first kappa shape index (κ1) is 18.7. The molecule has 138 valence electrons. The van der Waals surface area contributed by atoms with Crippen molar-refractivity contribution in [2.75, 3.05) is 17.7 Å². The van der Waals surface area contributed by atoms with Crippen LogP contribution in [0.2, 0.25) is 0 Å². The van der Waals surface area contributed by atoms with Crippen LogP contribution in [0, 0.1) is 0 Å². The molecule has 0 bridgehead atoms. The summed E-state index contributed by atoms with van der Waals surface area (Å²) >= 11 is 3.44. The Hall–Kier alpha value is -3.13. The van der Waals surface area contributed by atoms with Crippen LogP contribution < -0.4 is 20.1 Å². The summed E-state index contributed by atoms with van der Waals surface area (Å²) in [5, 5.41) is 5.88. The van der Waals surface area contributed by atoms with Gasteiger partial charge in [-0.3, -0.25) is 4.79 Å². The molecule has 1 heterocycles. The fourth-order valence-electron chi connectivity index (χ4n) is 2.31. The highest BCUT2D eigenvalue weighted by Gasteiger charge is 2.08. The van der Waals surface area contributed by atoms with Crippen LogP contribution in [0.15, 0.2) is 59.3 Å². The molecule has 2 aromatic carbocycles. The second kappa shape index (κ2) is 8.50. The molecule has 3 rings (SSSR count). The Bertz CT molecular complexity index is 965. The van der Waals surface area contributed by atoms with Gasteiger partial charge in [0.2, 0.25) is 11.8 Å². The van der Waals surface area contributed by atoms with Crippen LogP contribution in [0.5, 0.6) is 17.4 Å². The van der Waals surface area contributed by atoms with E-state index >= 15 is 0 Å². The van der Waals surface area contributed by atoms with Gasteiger partial charge in [0.05, 0.1) is 17.3 Å². The number of para-hydroxylation sites is 1. The number of hydrogen-bond acceptors (Lipinski definition) is 6. The fraction of sp³-hybridized carbons (Fsp3) is 0.105. The van der Waals surface area contributed by atoms with Crippen molar-refractivity contribution in [2.45, 2.75) is 6.92 Å². The Labute approximate surface area is 164 Å². The minimum absolute atomic E-state index is 0.168. The summed E-state index contributed by atoms with van der Waals surface area (Å²) in [5.74, 6) is 1.98. The molecular weight excluding hydrogens is 412 g/mol. The minimum Gasteiger partial charge on any atom is -0.494 e. The van der Waals surface area contributed by atoms with Gasteiger partial charge in [-0.15, -0.1) is 0 Å². The molecule has 1 amide bonds. The molecule has 0 fully saturated rings. The second-order valence-corrected chi connectivity index (χ2v) is 6.35. The summed E-state index contributed by atoms with van der Waals surface area (Å²) in [6, 6.07) is 14.5. The minimum atomic E-state index is -0.168. The zero-order valence-corrected chi connectivity index (χ0v) is 16.3. The molecule has 1 aromatic heterocycles. The Morgan fingerprint density at radius 1 is 1.07 bits per heavy atom. The topological polar surface area (TPSA) is 85.4 Å². The largest absolute Gasteiger partial charge is 0.494 e. The number of carbonyl (C=O) groups excluding carboxylic acids is 1. The molecule has 0 unspecified atom stereocenters. The molecule has 0 radical (unpaired) electrons. The lowest BCUT2D eigenvalue weighted by atomic mass is 10.2. The van der Waals surface area contributed by atoms with Crippen molar-refractivity contribution in [1.82, 2.24) is 9.97 Å². The number of aromatic nitrogens is 2. The van der Waals surface area contributed by atoms with Crippen LogP contribution in [0.25, 0.3) is 0 Å². The van der Waals surface area contributed by atoms with Crippen molar-refractivity contribution in [2.24, 2.45) is 0 Å². The number of nitrogens with one attached hydrogen (secondary N) is 2. The average molecular weight is 429 g/mol. The number of rotatable bonds is 6. The first-order valence-corrected chi connectivity index (χ1v) is 8.81. The van der Waals surface area contributed by atoms with Gasteiger partial charge in [0.15, 0.2) is 0 Å². The highest BCUT2D eigenvalue weighted by Crippen LogP contribution is 2.31. The van der Waals surface area contributed by atoms with Crippen molar-refractivity contribution >= 4 is 39.0 Å². The normalized spacial score (nSPS) is 10.2. The number of methoxy groups -OCH3 is 1. The van der Waals surface area contributed by atoms with Crippen molar-refractivity contribution in [3.05, 3.63) is 59.3 Å². The number of halogens is 1. The van der Waals surface area contributed by atoms with Gasteiger partial charge in [0.1, 0.15) is 23.6 Å². The fourth-order valence-corrected chi connectivity index (χ4v) is 2.68. The number of carbonyl (C=O) groups is 1. The lowest BCUT2D eigenvalue weighted by molar-refractivity contribution is -0.114. The average Bonchev–Trinajstić information content (AvgIpc) is 2.65. The monoisotopic (exact) mass is 428 g/mol. The van der Waals surface area contributed by atoms with E-state index in [1.807, 2.05) is 30.3 Å². The molecule has 0 spiro atoms. The summed E-state index contributed by atoms with van der Waals surface area (Å²) in [6.07, 6.45) is 1.41. The molecule has 27 heavy (non-hydrogen) atoms. The Morgan fingerprint density at radius 3 is 2.63 bits per heavy atom. The lowest BCUT2D eigenvalue weighted by Crippen LogP contribution is -2.07. The number of amides is 1. The lowest BCUT2D eigenvalue weighted by Gasteiger charge is -2.12. The van der Waals surface area contributed by atoms with E-state index in [-0.39, 0.29) is 5.91 Å². The molecule has 0 aliphatic heterocycles. The summed E-state index contributed by atoms with van der Waals surface area (Å²) in [5.41, 5.74) is 1.34. The third-order valence-electron chi connectivity index (χ3n) is 3.48. The first-order valence-electron chi connectivity index (χ1n) is 8.02. The maximum Gasteiger partial charge on any atom is 0.224 e. The van der Waals surface area contributed by atoms with Crippen molar-refractivity contribution < 1.29 is 14.3 Å². The molecule has 0 aliphatic carbocycles. The molecule has 0 aliphatic rings. The molecule has 7 nitrogen and oxygen atoms in total. The van der Waals surface area contributed by atoms with E-state index in [1.54, 1.807) is 25.3 Å². The van der Waals surface area contributed by atoms with E-state index in [0.29, 0.717) is 28.9 Å². The summed E-state index contributed by atoms with van der Waals surface area (Å²) in [7, 11) is 1.54. The van der Waals surface area contributed by atoms with Crippen LogP contribution in [0.4, 0.5) is 17.2 Å². The standard InChI is InChI=1S/C19H17BrN4O3/c1-12(25)23-15-8-7-13(9-17(15)26-2)24-18-10-19(22-11-21-18)27-16-6-4-3-5-14(16)20/h3-11H,1-2H3,(H,23,25)(H,21,22,24). The highest BCUT2D eigenvalue weighted by molar-refractivity contribution is 9.10. The first-order chi connectivity index (χ1) is 13.0. The zero-order chi connectivity index (χ0) is 19.2. The van der Waals surface area contributed by atoms with Crippen molar-refractivity contribution in [3.8, 4) is 17.4 Å². The van der Waals surface area contributed by atoms with Gasteiger partial charge in [-0.1, -0.05) is 12.1 Å². The highest BCUT2D eigenvalue weighted by atomic mass is 79.9. The Kier molecular flexibility index (Phi) is 5.87. The number of nitrogens with zero attached hydrogens (tertiary/aromatic N) is 2. The predicted octanol–water partition coefficient (Wildman–Crippen LogP) is 4.74. The van der Waals surface area contributed by atoms with E-state index in [4.69, 9.17) is 9.47 Å². The van der Waals surface area contributed by atoms with Crippen LogP contribution in [0.3, 0.4) is 0 Å². The van der Waals surface area contributed by atoms with E-state index in [0.717, 1.165) is 10.2 Å². The summed E-state index contributed by atoms with van der Waals surface area (Å²) < 4.78 is 11.9. The molecule has 0 saturated carbocycles. The SMILES string of the molecule is COc1cc(Nc2cc(Oc3ccccc3Br)ncn2)ccc1NC(C)=O. The second-order valence-electron chi connectivity index (χ2n) is 5.50. The van der Waals surface area contributed by atoms with Crippen LogP contribution >= 0.6 is 15.9 Å². The van der Waals surface area contributed by atoms with Gasteiger partial charge in [-0.2, -0.15) is 0 Å². The van der Waals surface area contributed by atoms with Gasteiger partial charge in [0.25, 0.3) is 0 Å². The van der Waals surface area contributed by atoms with Crippen molar-refractivity contribution in [3.63, 3.8) is 0 Å². The van der Waals surface area contributed by atoms with Gasteiger partial charge in [-0.25, -0.2) is 9.97 Å². The Morgan fingerprint density at radius 2 is 1.89 bits per heavy atom. The van der Waals surface area contributed by atoms with Crippen LogP contribution in [0.1, 0.15) is 6.92 Å². The van der Waals surface area contributed by atoms with Crippen LogP contribution in [-0.2, 0) is 4.79 Å². The smallest absolute Gasteiger partial charge is 0.224 e. The van der Waals surface area contributed by atoms with E-state index in [1.165, 1.54) is 13.3 Å².